The van der Waals surface area contributed by atoms with E-state index in [2.05, 4.69) is 20.2 Å². The zero-order chi connectivity index (χ0) is 13.0. The molecule has 2 N–H and O–H groups in total. The number of hydrogen-bond donors (Lipinski definition) is 2. The maximum absolute atomic E-state index is 11.5. The third kappa shape index (κ3) is 2.98. The van der Waals surface area contributed by atoms with Crippen molar-refractivity contribution in [3.05, 3.63) is 39.8 Å². The number of rotatable bonds is 3. The highest BCUT2D eigenvalue weighted by molar-refractivity contribution is 7.03. The van der Waals surface area contributed by atoms with Crippen LogP contribution in [0, 0.1) is 10.1 Å². The van der Waals surface area contributed by atoms with Crippen LogP contribution in [0.15, 0.2) is 29.6 Å². The van der Waals surface area contributed by atoms with Gasteiger partial charge in [-0.05, 0) is 17.6 Å². The number of benzene rings is 1. The number of nitrogens with zero attached hydrogens (tertiary/aromatic N) is 3. The van der Waals surface area contributed by atoms with Gasteiger partial charge < -0.3 is 5.32 Å². The molecule has 8 nitrogen and oxygen atoms in total. The van der Waals surface area contributed by atoms with Crippen LogP contribution in [0.2, 0.25) is 0 Å². The molecular formula is C9H7N5O3S. The first kappa shape index (κ1) is 11.9. The Labute approximate surface area is 105 Å². The Morgan fingerprint density at radius 3 is 2.89 bits per heavy atom. The summed E-state index contributed by atoms with van der Waals surface area (Å²) in [6.07, 6.45) is 0. The number of nitro groups is 1. The van der Waals surface area contributed by atoms with Crippen molar-refractivity contribution in [1.82, 2.24) is 9.59 Å². The van der Waals surface area contributed by atoms with Gasteiger partial charge in [0.2, 0.25) is 0 Å². The Hall–Kier alpha value is -2.55. The van der Waals surface area contributed by atoms with Crippen LogP contribution in [0.25, 0.3) is 0 Å². The second-order valence-corrected chi connectivity index (χ2v) is 3.79. The highest BCUT2D eigenvalue weighted by Crippen LogP contribution is 2.17. The Kier molecular flexibility index (Phi) is 3.44. The van der Waals surface area contributed by atoms with Crippen LogP contribution in [0.5, 0.6) is 0 Å². The van der Waals surface area contributed by atoms with Crippen molar-refractivity contribution >= 4 is 34.8 Å². The number of hydrogen-bond acceptors (Lipinski definition) is 6. The minimum absolute atomic E-state index is 0.0943. The molecule has 18 heavy (non-hydrogen) atoms. The molecule has 9 heteroatoms. The summed E-state index contributed by atoms with van der Waals surface area (Å²) >= 11 is 1.10. The first-order valence-electron chi connectivity index (χ1n) is 4.74. The zero-order valence-electron chi connectivity index (χ0n) is 8.86. The average molecular weight is 265 g/mol. The lowest BCUT2D eigenvalue weighted by Crippen LogP contribution is -2.19. The number of carbonyl (C=O) groups excluding carboxylic acids is 1. The number of anilines is 2. The molecule has 0 aliphatic rings. The molecule has 2 amide bonds. The second-order valence-electron chi connectivity index (χ2n) is 3.18. The highest BCUT2D eigenvalue weighted by atomic mass is 32.1. The van der Waals surface area contributed by atoms with Gasteiger partial charge in [-0.1, -0.05) is 10.6 Å². The Bertz CT molecular complexity index is 571. The summed E-state index contributed by atoms with van der Waals surface area (Å²) in [6, 6.07) is 5.10. The number of amides is 2. The normalized spacial score (nSPS) is 9.78. The Morgan fingerprint density at radius 2 is 2.22 bits per heavy atom. The first-order chi connectivity index (χ1) is 8.65. The minimum Gasteiger partial charge on any atom is -0.307 e. The predicted octanol–water partition coefficient (Wildman–Crippen LogP) is 2.09. The summed E-state index contributed by atoms with van der Waals surface area (Å²) in [6.45, 7) is 0. The van der Waals surface area contributed by atoms with E-state index in [0.29, 0.717) is 11.5 Å². The fourth-order valence-electron chi connectivity index (χ4n) is 1.19. The van der Waals surface area contributed by atoms with Gasteiger partial charge in [-0.2, -0.15) is 0 Å². The van der Waals surface area contributed by atoms with E-state index in [0.717, 1.165) is 11.5 Å². The van der Waals surface area contributed by atoms with E-state index in [-0.39, 0.29) is 5.69 Å². The van der Waals surface area contributed by atoms with E-state index in [4.69, 9.17) is 0 Å². The summed E-state index contributed by atoms with van der Waals surface area (Å²) in [5.41, 5.74) is 0.230. The number of aromatic nitrogens is 2. The summed E-state index contributed by atoms with van der Waals surface area (Å²) in [4.78, 5) is 21.5. The van der Waals surface area contributed by atoms with Crippen molar-refractivity contribution in [3.63, 3.8) is 0 Å². The van der Waals surface area contributed by atoms with Crippen LogP contribution in [-0.4, -0.2) is 20.5 Å². The molecule has 0 atom stereocenters. The number of non-ortho nitro benzene ring substituents is 1. The van der Waals surface area contributed by atoms with Crippen molar-refractivity contribution in [1.29, 1.82) is 0 Å². The molecule has 0 spiro atoms. The highest BCUT2D eigenvalue weighted by Gasteiger charge is 2.08. The summed E-state index contributed by atoms with van der Waals surface area (Å²) < 4.78 is 3.58. The number of nitrogens with one attached hydrogen (secondary N) is 2. The van der Waals surface area contributed by atoms with E-state index in [1.54, 1.807) is 11.4 Å². The molecule has 0 aliphatic carbocycles. The molecule has 1 aromatic carbocycles. The molecule has 92 valence electrons. The van der Waals surface area contributed by atoms with Crippen LogP contribution >= 0.6 is 11.5 Å². The first-order valence-corrected chi connectivity index (χ1v) is 5.58. The largest absolute Gasteiger partial charge is 0.324 e. The average Bonchev–Trinajstić information content (AvgIpc) is 2.82. The van der Waals surface area contributed by atoms with Crippen molar-refractivity contribution in [2.45, 2.75) is 0 Å². The Morgan fingerprint density at radius 1 is 1.39 bits per heavy atom. The molecule has 0 unspecified atom stereocenters. The Balaban J connectivity index is 2.03. The lowest BCUT2D eigenvalue weighted by atomic mass is 10.3. The van der Waals surface area contributed by atoms with Gasteiger partial charge in [0, 0.05) is 17.8 Å². The zero-order valence-corrected chi connectivity index (χ0v) is 9.68. The van der Waals surface area contributed by atoms with Crippen LogP contribution in [-0.2, 0) is 0 Å². The maximum atomic E-state index is 11.5. The summed E-state index contributed by atoms with van der Waals surface area (Å²) in [5.74, 6) is 0.322. The van der Waals surface area contributed by atoms with Gasteiger partial charge in [0.15, 0.2) is 5.82 Å². The lowest BCUT2D eigenvalue weighted by Gasteiger charge is -2.04. The van der Waals surface area contributed by atoms with E-state index in [9.17, 15) is 14.9 Å². The molecule has 0 radical (unpaired) electrons. The SMILES string of the molecule is O=C(Nc1cccc([N+](=O)[O-])c1)Nc1csnn1. The molecule has 1 heterocycles. The predicted molar refractivity (Wildman–Crippen MR) is 65.6 cm³/mol. The fraction of sp³-hybridized carbons (Fsp3) is 0. The van der Waals surface area contributed by atoms with Gasteiger partial charge in [-0.15, -0.1) is 5.10 Å². The van der Waals surface area contributed by atoms with Gasteiger partial charge in [0.05, 0.1) is 10.3 Å². The maximum Gasteiger partial charge on any atom is 0.324 e. The molecule has 0 bridgehead atoms. The monoisotopic (exact) mass is 265 g/mol. The summed E-state index contributed by atoms with van der Waals surface area (Å²) in [7, 11) is 0. The van der Waals surface area contributed by atoms with Crippen LogP contribution in [0.3, 0.4) is 0 Å². The molecule has 2 rings (SSSR count). The molecule has 0 fully saturated rings. The number of carbonyl (C=O) groups is 1. The molecule has 0 saturated carbocycles. The topological polar surface area (TPSA) is 110 Å². The minimum atomic E-state index is -0.539. The van der Waals surface area contributed by atoms with Gasteiger partial charge in [0.25, 0.3) is 5.69 Å². The van der Waals surface area contributed by atoms with Crippen molar-refractivity contribution in [2.24, 2.45) is 0 Å². The fourth-order valence-corrected chi connectivity index (χ4v) is 1.58. The van der Waals surface area contributed by atoms with Crippen LogP contribution in [0.4, 0.5) is 22.0 Å². The van der Waals surface area contributed by atoms with E-state index in [1.807, 2.05) is 0 Å². The van der Waals surface area contributed by atoms with E-state index in [1.165, 1.54) is 18.2 Å². The third-order valence-corrected chi connectivity index (χ3v) is 2.42. The van der Waals surface area contributed by atoms with Crippen molar-refractivity contribution in [3.8, 4) is 0 Å². The van der Waals surface area contributed by atoms with Crippen molar-refractivity contribution in [2.75, 3.05) is 10.6 Å². The lowest BCUT2D eigenvalue weighted by molar-refractivity contribution is -0.384. The van der Waals surface area contributed by atoms with Gasteiger partial charge >= 0.3 is 6.03 Å². The van der Waals surface area contributed by atoms with Crippen molar-refractivity contribution < 1.29 is 9.72 Å². The molecule has 2 aromatic rings. The van der Waals surface area contributed by atoms with Crippen LogP contribution in [0.1, 0.15) is 0 Å². The smallest absolute Gasteiger partial charge is 0.307 e. The molecular weight excluding hydrogens is 258 g/mol. The van der Waals surface area contributed by atoms with Gasteiger partial charge in [-0.3, -0.25) is 15.4 Å². The summed E-state index contributed by atoms with van der Waals surface area (Å²) in [5, 5.41) is 20.6. The molecule has 1 aromatic heterocycles. The number of urea groups is 1. The van der Waals surface area contributed by atoms with E-state index < -0.39 is 11.0 Å². The molecule has 0 saturated heterocycles. The number of nitro benzene ring substituents is 1. The van der Waals surface area contributed by atoms with Gasteiger partial charge in [0.1, 0.15) is 0 Å². The molecule has 0 aliphatic heterocycles. The second kappa shape index (κ2) is 5.19. The van der Waals surface area contributed by atoms with Crippen LogP contribution < -0.4 is 10.6 Å². The standard InChI is InChI=1S/C9H7N5O3S/c15-9(11-8-5-18-13-12-8)10-6-2-1-3-7(4-6)14(16)17/h1-5H,(H2,10,11,15). The quantitative estimate of drug-likeness (QED) is 0.652. The van der Waals surface area contributed by atoms with Gasteiger partial charge in [-0.25, -0.2) is 4.79 Å². The third-order valence-electron chi connectivity index (χ3n) is 1.92. The van der Waals surface area contributed by atoms with E-state index >= 15 is 0 Å².